The number of rotatable bonds is 4. The number of hydrogen-bond acceptors (Lipinski definition) is 3. The van der Waals surface area contributed by atoms with Crippen LogP contribution >= 0.6 is 0 Å². The Bertz CT molecular complexity index is 694. The molecule has 1 aromatic rings. The van der Waals surface area contributed by atoms with Crippen LogP contribution in [0.15, 0.2) is 30.3 Å². The zero-order chi connectivity index (χ0) is 18.0. The second kappa shape index (κ2) is 6.68. The summed E-state index contributed by atoms with van der Waals surface area (Å²) in [6, 6.07) is 10.4. The second-order valence-electron chi connectivity index (χ2n) is 7.62. The molecular formula is C20H26N2O2. The van der Waals surface area contributed by atoms with Gasteiger partial charge in [0.05, 0.1) is 11.6 Å². The highest BCUT2D eigenvalue weighted by Gasteiger charge is 2.39. The smallest absolute Gasteiger partial charge is 0.408 e. The molecule has 1 aliphatic carbocycles. The van der Waals surface area contributed by atoms with Gasteiger partial charge in [0.2, 0.25) is 0 Å². The van der Waals surface area contributed by atoms with E-state index in [4.69, 9.17) is 10.00 Å². The third-order valence-corrected chi connectivity index (χ3v) is 4.37. The zero-order valence-electron chi connectivity index (χ0n) is 15.1. The lowest BCUT2D eigenvalue weighted by molar-refractivity contribution is 0.0450. The molecule has 24 heavy (non-hydrogen) atoms. The largest absolute Gasteiger partial charge is 0.444 e. The summed E-state index contributed by atoms with van der Waals surface area (Å²) < 4.78 is 5.43. The molecule has 0 aromatic heterocycles. The zero-order valence-corrected chi connectivity index (χ0v) is 15.1. The third-order valence-electron chi connectivity index (χ3n) is 4.37. The lowest BCUT2D eigenvalue weighted by atomic mass is 9.79. The van der Waals surface area contributed by atoms with E-state index in [1.165, 1.54) is 16.7 Å². The van der Waals surface area contributed by atoms with Gasteiger partial charge in [0.1, 0.15) is 5.60 Å². The van der Waals surface area contributed by atoms with Crippen LogP contribution in [0.5, 0.6) is 0 Å². The minimum absolute atomic E-state index is 0.0227. The van der Waals surface area contributed by atoms with E-state index in [1.54, 1.807) is 0 Å². The van der Waals surface area contributed by atoms with Crippen LogP contribution in [0.1, 0.15) is 64.5 Å². The van der Waals surface area contributed by atoms with Crippen molar-refractivity contribution in [1.29, 1.82) is 5.26 Å². The molecule has 1 aromatic carbocycles. The molecule has 4 heteroatoms. The summed E-state index contributed by atoms with van der Waals surface area (Å²) in [4.78, 5) is 12.4. The number of fused-ring (bicyclic) bond motifs is 1. The average Bonchev–Trinajstić information content (AvgIpc) is 2.81. The number of benzene rings is 1. The molecule has 1 unspecified atom stereocenters. The molecule has 0 aliphatic heterocycles. The Balaban J connectivity index is 2.32. The van der Waals surface area contributed by atoms with Gasteiger partial charge in [0.15, 0.2) is 0 Å². The number of nitrogens with zero attached hydrogens (tertiary/aromatic N) is 1. The van der Waals surface area contributed by atoms with Crippen molar-refractivity contribution in [3.8, 4) is 6.07 Å². The first-order valence-electron chi connectivity index (χ1n) is 8.32. The maximum atomic E-state index is 12.4. The van der Waals surface area contributed by atoms with Gasteiger partial charge in [-0.3, -0.25) is 0 Å². The van der Waals surface area contributed by atoms with Gasteiger partial charge in [-0.2, -0.15) is 5.26 Å². The van der Waals surface area contributed by atoms with Gasteiger partial charge in [-0.25, -0.2) is 4.79 Å². The minimum Gasteiger partial charge on any atom is -0.444 e. The van der Waals surface area contributed by atoms with Crippen molar-refractivity contribution in [2.24, 2.45) is 0 Å². The summed E-state index contributed by atoms with van der Waals surface area (Å²) in [5.41, 5.74) is 2.46. The Morgan fingerprint density at radius 1 is 1.29 bits per heavy atom. The Labute approximate surface area is 144 Å². The first-order valence-corrected chi connectivity index (χ1v) is 8.32. The second-order valence-corrected chi connectivity index (χ2v) is 7.62. The topological polar surface area (TPSA) is 62.1 Å². The predicted octanol–water partition coefficient (Wildman–Crippen LogP) is 4.77. The average molecular weight is 326 g/mol. The lowest BCUT2D eigenvalue weighted by Gasteiger charge is -2.36. The molecule has 1 amide bonds. The van der Waals surface area contributed by atoms with Crippen molar-refractivity contribution < 1.29 is 9.53 Å². The van der Waals surface area contributed by atoms with Crippen LogP contribution in [0.25, 0.3) is 5.57 Å². The maximum Gasteiger partial charge on any atom is 0.408 e. The number of carbonyl (C=O) groups is 1. The van der Waals surface area contributed by atoms with Gasteiger partial charge in [-0.15, -0.1) is 0 Å². The van der Waals surface area contributed by atoms with Crippen LogP contribution in [0.4, 0.5) is 4.79 Å². The van der Waals surface area contributed by atoms with Crippen molar-refractivity contribution in [3.63, 3.8) is 0 Å². The van der Waals surface area contributed by atoms with Crippen LogP contribution in [0.2, 0.25) is 0 Å². The Hall–Kier alpha value is -2.28. The van der Waals surface area contributed by atoms with E-state index in [0.29, 0.717) is 12.8 Å². The summed E-state index contributed by atoms with van der Waals surface area (Å²) in [7, 11) is 0. The maximum absolute atomic E-state index is 12.4. The molecule has 0 saturated heterocycles. The van der Waals surface area contributed by atoms with Crippen molar-refractivity contribution in [3.05, 3.63) is 41.5 Å². The standard InChI is InChI=1S/C20H26N2O2/c1-14-13-17(16-10-7-6-9-15(14)16)20(5,11-8-12-21)22-18(23)24-19(2,3)4/h6-7,9-10,13,17H,8,11H2,1-5H3,(H,22,23)/t17?,20-/m0/s1. The quantitative estimate of drug-likeness (QED) is 0.866. The number of nitriles is 1. The fourth-order valence-electron chi connectivity index (χ4n) is 3.23. The Kier molecular flexibility index (Phi) is 5.03. The van der Waals surface area contributed by atoms with Gasteiger partial charge in [-0.05, 0) is 57.7 Å². The number of carbonyl (C=O) groups excluding carboxylic acids is 1. The van der Waals surface area contributed by atoms with E-state index in [1.807, 2.05) is 39.8 Å². The van der Waals surface area contributed by atoms with E-state index in [0.717, 1.165) is 0 Å². The van der Waals surface area contributed by atoms with E-state index in [9.17, 15) is 4.79 Å². The van der Waals surface area contributed by atoms with Gasteiger partial charge in [0, 0.05) is 12.3 Å². The number of ether oxygens (including phenoxy) is 1. The molecule has 0 radical (unpaired) electrons. The fourth-order valence-corrected chi connectivity index (χ4v) is 3.23. The molecule has 0 saturated carbocycles. The normalized spacial score (nSPS) is 18.8. The molecule has 2 rings (SSSR count). The van der Waals surface area contributed by atoms with Gasteiger partial charge in [-0.1, -0.05) is 30.3 Å². The molecule has 128 valence electrons. The molecule has 0 fully saturated rings. The van der Waals surface area contributed by atoms with E-state index in [-0.39, 0.29) is 5.92 Å². The summed E-state index contributed by atoms with van der Waals surface area (Å²) in [6.07, 6.45) is 2.67. The molecule has 0 bridgehead atoms. The molecule has 4 nitrogen and oxygen atoms in total. The third kappa shape index (κ3) is 3.97. The number of amides is 1. The van der Waals surface area contributed by atoms with Crippen molar-refractivity contribution in [1.82, 2.24) is 5.32 Å². The molecule has 0 spiro atoms. The van der Waals surface area contributed by atoms with Crippen LogP contribution in [-0.4, -0.2) is 17.2 Å². The number of allylic oxidation sites excluding steroid dienone is 1. The predicted molar refractivity (Wildman–Crippen MR) is 95.5 cm³/mol. The highest BCUT2D eigenvalue weighted by Crippen LogP contribution is 2.43. The number of alkyl carbamates (subject to hydrolysis) is 1. The SMILES string of the molecule is CC1=CC([C@](C)(CCC#N)NC(=O)OC(C)(C)C)c2ccccc21. The Morgan fingerprint density at radius 3 is 2.58 bits per heavy atom. The monoisotopic (exact) mass is 326 g/mol. The summed E-state index contributed by atoms with van der Waals surface area (Å²) in [5.74, 6) is 0.0227. The van der Waals surface area contributed by atoms with Gasteiger partial charge >= 0.3 is 6.09 Å². The Morgan fingerprint density at radius 2 is 1.96 bits per heavy atom. The van der Waals surface area contributed by atoms with Gasteiger partial charge in [0.25, 0.3) is 0 Å². The summed E-state index contributed by atoms with van der Waals surface area (Å²) in [6.45, 7) is 9.60. The highest BCUT2D eigenvalue weighted by atomic mass is 16.6. The van der Waals surface area contributed by atoms with Crippen LogP contribution in [0.3, 0.4) is 0 Å². The van der Waals surface area contributed by atoms with Crippen LogP contribution in [-0.2, 0) is 4.74 Å². The summed E-state index contributed by atoms with van der Waals surface area (Å²) >= 11 is 0. The molecule has 2 atom stereocenters. The van der Waals surface area contributed by atoms with Crippen molar-refractivity contribution in [2.75, 3.05) is 0 Å². The minimum atomic E-state index is -0.577. The van der Waals surface area contributed by atoms with E-state index < -0.39 is 17.2 Å². The number of hydrogen-bond donors (Lipinski definition) is 1. The molecule has 1 N–H and O–H groups in total. The summed E-state index contributed by atoms with van der Waals surface area (Å²) in [5, 5.41) is 12.1. The number of nitrogens with one attached hydrogen (secondary N) is 1. The van der Waals surface area contributed by atoms with E-state index in [2.05, 4.69) is 36.5 Å². The fraction of sp³-hybridized carbons (Fsp3) is 0.500. The molecule has 0 heterocycles. The highest BCUT2D eigenvalue weighted by molar-refractivity contribution is 5.75. The van der Waals surface area contributed by atoms with Crippen LogP contribution in [0, 0.1) is 11.3 Å². The van der Waals surface area contributed by atoms with Crippen LogP contribution < -0.4 is 5.32 Å². The van der Waals surface area contributed by atoms with E-state index >= 15 is 0 Å². The first kappa shape index (κ1) is 18.1. The molecular weight excluding hydrogens is 300 g/mol. The molecule has 1 aliphatic rings. The van der Waals surface area contributed by atoms with Crippen molar-refractivity contribution in [2.45, 2.75) is 64.5 Å². The first-order chi connectivity index (χ1) is 11.2. The van der Waals surface area contributed by atoms with Gasteiger partial charge < -0.3 is 10.1 Å². The lowest BCUT2D eigenvalue weighted by Crippen LogP contribution is -2.51. The van der Waals surface area contributed by atoms with Crippen molar-refractivity contribution >= 4 is 11.7 Å².